The number of aromatic carboxylic acids is 1. The van der Waals surface area contributed by atoms with E-state index in [0.29, 0.717) is 3.57 Å². The van der Waals surface area contributed by atoms with Crippen molar-refractivity contribution in [2.45, 2.75) is 4.90 Å². The van der Waals surface area contributed by atoms with E-state index in [0.717, 1.165) is 6.07 Å². The van der Waals surface area contributed by atoms with E-state index in [2.05, 4.69) is 0 Å². The van der Waals surface area contributed by atoms with Crippen molar-refractivity contribution in [3.05, 3.63) is 26.3 Å². The number of halogens is 2. The first-order chi connectivity index (χ1) is 6.73. The third-order valence-electron chi connectivity index (χ3n) is 1.56. The number of benzene rings is 1. The second-order valence-electron chi connectivity index (χ2n) is 2.61. The normalized spacial score (nSPS) is 11.4. The summed E-state index contributed by atoms with van der Waals surface area (Å²) in [4.78, 5) is 10.3. The van der Waals surface area contributed by atoms with E-state index in [4.69, 9.17) is 21.8 Å². The molecule has 0 bridgehead atoms. The summed E-state index contributed by atoms with van der Waals surface area (Å²) >= 11 is 7.38. The zero-order valence-electron chi connectivity index (χ0n) is 7.07. The van der Waals surface area contributed by atoms with E-state index in [-0.39, 0.29) is 15.5 Å². The number of carboxylic acid groups (broad SMARTS) is 1. The van der Waals surface area contributed by atoms with Crippen LogP contribution in [0.25, 0.3) is 0 Å². The Hall–Kier alpha value is -0.380. The molecule has 0 heterocycles. The highest BCUT2D eigenvalue weighted by Gasteiger charge is 2.18. The molecule has 0 saturated carbocycles. The molecule has 0 amide bonds. The summed E-state index contributed by atoms with van der Waals surface area (Å²) in [5.74, 6) is -1.24. The van der Waals surface area contributed by atoms with Crippen molar-refractivity contribution >= 4 is 50.2 Å². The van der Waals surface area contributed by atoms with Crippen molar-refractivity contribution < 1.29 is 18.3 Å². The summed E-state index contributed by atoms with van der Waals surface area (Å²) in [5.41, 5.74) is -0.149. The molecule has 0 spiro atoms. The average Bonchev–Trinajstić information content (AvgIpc) is 2.00. The summed E-state index contributed by atoms with van der Waals surface area (Å²) in [5, 5.41) is 13.5. The summed E-state index contributed by atoms with van der Waals surface area (Å²) < 4.78 is 22.4. The number of carbonyl (C=O) groups is 1. The molecule has 8 heteroatoms. The first-order valence-corrected chi connectivity index (χ1v) is 6.49. The van der Waals surface area contributed by atoms with Crippen LogP contribution in [0, 0.1) is 3.57 Å². The minimum absolute atomic E-state index is 0.0908. The molecule has 1 aromatic rings. The molecular formula is C7H5ClINO4S. The van der Waals surface area contributed by atoms with E-state index in [9.17, 15) is 13.2 Å². The molecule has 82 valence electrons. The quantitative estimate of drug-likeness (QED) is 0.776. The van der Waals surface area contributed by atoms with Gasteiger partial charge in [0.1, 0.15) is 4.90 Å². The summed E-state index contributed by atoms with van der Waals surface area (Å²) in [6, 6.07) is 2.19. The van der Waals surface area contributed by atoms with E-state index in [1.807, 2.05) is 0 Å². The summed E-state index contributed by atoms with van der Waals surface area (Å²) in [6.45, 7) is 0. The molecule has 0 aliphatic carbocycles. The largest absolute Gasteiger partial charge is 0.478 e. The Morgan fingerprint density at radius 3 is 2.40 bits per heavy atom. The Morgan fingerprint density at radius 1 is 1.47 bits per heavy atom. The highest BCUT2D eigenvalue weighted by atomic mass is 127. The van der Waals surface area contributed by atoms with Gasteiger partial charge in [0.25, 0.3) is 0 Å². The molecule has 0 aliphatic rings. The Morgan fingerprint density at radius 2 is 2.00 bits per heavy atom. The van der Waals surface area contributed by atoms with Crippen molar-refractivity contribution in [2.75, 3.05) is 0 Å². The number of hydrogen-bond acceptors (Lipinski definition) is 3. The number of hydrogen-bond donors (Lipinski definition) is 2. The maximum absolute atomic E-state index is 11.0. The summed E-state index contributed by atoms with van der Waals surface area (Å²) in [6.07, 6.45) is 0. The van der Waals surface area contributed by atoms with Gasteiger partial charge in [-0.25, -0.2) is 18.4 Å². The summed E-state index contributed by atoms with van der Waals surface area (Å²) in [7, 11) is -4.00. The molecule has 0 saturated heterocycles. The highest BCUT2D eigenvalue weighted by molar-refractivity contribution is 14.1. The van der Waals surface area contributed by atoms with Crippen LogP contribution in [-0.2, 0) is 10.0 Å². The van der Waals surface area contributed by atoms with Crippen LogP contribution in [0.2, 0.25) is 5.02 Å². The van der Waals surface area contributed by atoms with Crippen LogP contribution in [0.1, 0.15) is 10.4 Å². The third kappa shape index (κ3) is 2.80. The van der Waals surface area contributed by atoms with Crippen molar-refractivity contribution in [1.29, 1.82) is 0 Å². The van der Waals surface area contributed by atoms with Gasteiger partial charge in [-0.2, -0.15) is 0 Å². The van der Waals surface area contributed by atoms with Gasteiger partial charge in [0.2, 0.25) is 10.0 Å². The lowest BCUT2D eigenvalue weighted by Crippen LogP contribution is -2.14. The Balaban J connectivity index is 3.58. The minimum Gasteiger partial charge on any atom is -0.478 e. The van der Waals surface area contributed by atoms with Crippen molar-refractivity contribution in [3.8, 4) is 0 Å². The van der Waals surface area contributed by atoms with Crippen molar-refractivity contribution in [2.24, 2.45) is 5.14 Å². The molecule has 0 radical (unpaired) electrons. The number of rotatable bonds is 2. The molecular weight excluding hydrogens is 357 g/mol. The van der Waals surface area contributed by atoms with Crippen LogP contribution in [0.5, 0.6) is 0 Å². The lowest BCUT2D eigenvalue weighted by atomic mass is 10.2. The van der Waals surface area contributed by atoms with Gasteiger partial charge >= 0.3 is 5.97 Å². The van der Waals surface area contributed by atoms with Gasteiger partial charge in [-0.05, 0) is 34.7 Å². The van der Waals surface area contributed by atoms with E-state index in [1.165, 1.54) is 6.07 Å². The smallest absolute Gasteiger partial charge is 0.336 e. The Kier molecular flexibility index (Phi) is 3.59. The first-order valence-electron chi connectivity index (χ1n) is 3.48. The molecule has 3 N–H and O–H groups in total. The Bertz CT molecular complexity index is 528. The van der Waals surface area contributed by atoms with Crippen LogP contribution >= 0.6 is 34.2 Å². The van der Waals surface area contributed by atoms with Crippen LogP contribution in [0.15, 0.2) is 17.0 Å². The molecule has 1 rings (SSSR count). The number of carboxylic acids is 1. The molecule has 0 fully saturated rings. The molecule has 5 nitrogen and oxygen atoms in total. The fourth-order valence-electron chi connectivity index (χ4n) is 0.911. The number of primary sulfonamides is 1. The van der Waals surface area contributed by atoms with Crippen LogP contribution < -0.4 is 5.14 Å². The fraction of sp³-hybridized carbons (Fsp3) is 0. The van der Waals surface area contributed by atoms with E-state index >= 15 is 0 Å². The standard InChI is InChI=1S/C7H5ClINO4S/c8-4-2-5(9)3(7(11)12)1-6(4)15(10,13)14/h1-2H,(H,11,12)(H2,10,13,14). The molecule has 0 aromatic heterocycles. The predicted molar refractivity (Wildman–Crippen MR) is 62.5 cm³/mol. The first kappa shape index (κ1) is 12.7. The van der Waals surface area contributed by atoms with Gasteiger partial charge in [0.05, 0.1) is 10.6 Å². The third-order valence-corrected chi connectivity index (χ3v) is 3.83. The monoisotopic (exact) mass is 361 g/mol. The second-order valence-corrected chi connectivity index (χ2v) is 5.71. The zero-order chi connectivity index (χ0) is 11.8. The minimum atomic E-state index is -4.00. The fourth-order valence-corrected chi connectivity index (χ4v) is 2.89. The highest BCUT2D eigenvalue weighted by Crippen LogP contribution is 2.25. The SMILES string of the molecule is NS(=O)(=O)c1cc(C(=O)O)c(I)cc1Cl. The lowest BCUT2D eigenvalue weighted by molar-refractivity contribution is 0.0695. The van der Waals surface area contributed by atoms with Gasteiger partial charge in [-0.1, -0.05) is 11.6 Å². The molecule has 1 aromatic carbocycles. The lowest BCUT2D eigenvalue weighted by Gasteiger charge is -2.05. The molecule has 0 unspecified atom stereocenters. The second kappa shape index (κ2) is 4.24. The average molecular weight is 362 g/mol. The van der Waals surface area contributed by atoms with Gasteiger partial charge in [-0.15, -0.1) is 0 Å². The van der Waals surface area contributed by atoms with Crippen molar-refractivity contribution in [3.63, 3.8) is 0 Å². The van der Waals surface area contributed by atoms with Gasteiger partial charge in [0.15, 0.2) is 0 Å². The van der Waals surface area contributed by atoms with Crippen LogP contribution in [0.3, 0.4) is 0 Å². The number of nitrogens with two attached hydrogens (primary N) is 1. The van der Waals surface area contributed by atoms with Crippen LogP contribution in [0.4, 0.5) is 0 Å². The number of sulfonamides is 1. The van der Waals surface area contributed by atoms with Gasteiger partial charge in [0, 0.05) is 3.57 Å². The van der Waals surface area contributed by atoms with Crippen LogP contribution in [-0.4, -0.2) is 19.5 Å². The molecule has 0 atom stereocenters. The van der Waals surface area contributed by atoms with Gasteiger partial charge < -0.3 is 5.11 Å². The predicted octanol–water partition coefficient (Wildman–Crippen LogP) is 1.29. The molecule has 15 heavy (non-hydrogen) atoms. The molecule has 0 aliphatic heterocycles. The van der Waals surface area contributed by atoms with E-state index in [1.54, 1.807) is 22.6 Å². The van der Waals surface area contributed by atoms with E-state index < -0.39 is 16.0 Å². The Labute approximate surface area is 104 Å². The van der Waals surface area contributed by atoms with Gasteiger partial charge in [-0.3, -0.25) is 0 Å². The zero-order valence-corrected chi connectivity index (χ0v) is 10.8. The maximum Gasteiger partial charge on any atom is 0.336 e. The topological polar surface area (TPSA) is 97.5 Å². The van der Waals surface area contributed by atoms with Crippen molar-refractivity contribution in [1.82, 2.24) is 0 Å². The maximum atomic E-state index is 11.0.